The number of aliphatic hydroxyl groups excluding tert-OH is 1. The van der Waals surface area contributed by atoms with Crippen molar-refractivity contribution in [3.8, 4) is 0 Å². The van der Waals surface area contributed by atoms with Gasteiger partial charge in [-0.25, -0.2) is 0 Å². The van der Waals surface area contributed by atoms with E-state index in [-0.39, 0.29) is 25.2 Å². The molecule has 386 valence electrons. The number of hydrogen-bond donors (Lipinski definition) is 1. The normalized spacial score (nSPS) is 12.5. The van der Waals surface area contributed by atoms with Gasteiger partial charge < -0.3 is 14.6 Å². The molecule has 1 atom stereocenters. The van der Waals surface area contributed by atoms with Crippen LogP contribution in [0.2, 0.25) is 0 Å². The fourth-order valence-corrected chi connectivity index (χ4v) is 8.68. The number of unbranched alkanes of at least 4 members (excludes halogenated alkanes) is 38. The molecule has 1 unspecified atom stereocenters. The Kier molecular flexibility index (Phi) is 55.3. The molecule has 0 spiro atoms. The topological polar surface area (TPSA) is 72.8 Å². The fraction of sp³-hybridized carbons (Fsp3) is 0.836. The van der Waals surface area contributed by atoms with Crippen molar-refractivity contribution < 1.29 is 24.2 Å². The van der Waals surface area contributed by atoms with Gasteiger partial charge in [0.2, 0.25) is 0 Å². The van der Waals surface area contributed by atoms with Gasteiger partial charge in [0.25, 0.3) is 0 Å². The number of carbonyl (C=O) groups is 2. The Hall–Kier alpha value is -2.14. The van der Waals surface area contributed by atoms with E-state index in [0.717, 1.165) is 57.8 Å². The molecule has 0 fully saturated rings. The Labute approximate surface area is 411 Å². The first-order chi connectivity index (χ1) is 32.6. The SMILES string of the molecule is CCCCCCC/C=C\C/C=C\C/C=C\CCCCCCCCCCCCCCCCCCCCCCCCC(=O)OC(CO)COC(=O)CCCCCCC/C=C\CCCCCCCC. The summed E-state index contributed by atoms with van der Waals surface area (Å²) in [7, 11) is 0. The summed E-state index contributed by atoms with van der Waals surface area (Å²) in [5.41, 5.74) is 0. The zero-order valence-electron chi connectivity index (χ0n) is 44.2. The lowest BCUT2D eigenvalue weighted by Gasteiger charge is -2.15. The molecule has 0 bridgehead atoms. The zero-order valence-corrected chi connectivity index (χ0v) is 44.2. The van der Waals surface area contributed by atoms with Crippen LogP contribution in [0.5, 0.6) is 0 Å². The van der Waals surface area contributed by atoms with Gasteiger partial charge in [-0.15, -0.1) is 0 Å². The lowest BCUT2D eigenvalue weighted by molar-refractivity contribution is -0.161. The molecule has 0 aromatic heterocycles. The van der Waals surface area contributed by atoms with Crippen LogP contribution < -0.4 is 0 Å². The molecule has 0 radical (unpaired) electrons. The number of ether oxygens (including phenoxy) is 2. The van der Waals surface area contributed by atoms with Crippen molar-refractivity contribution in [1.82, 2.24) is 0 Å². The van der Waals surface area contributed by atoms with Crippen LogP contribution in [0.15, 0.2) is 48.6 Å². The average molecular weight is 926 g/mol. The molecule has 5 heteroatoms. The standard InChI is InChI=1S/C61H112O5/c1-3-5-7-9-11-13-15-17-19-20-21-22-23-24-25-26-27-28-29-30-31-32-33-34-35-36-37-38-39-40-42-44-46-48-50-52-54-56-61(64)66-59(57-62)58-65-60(63)55-53-51-49-47-45-43-41-18-16-14-12-10-8-6-4-2/h15,17-18,20-21,23-24,41,59,62H,3-14,16,19,22,25-40,42-58H2,1-2H3/b17-15-,21-20-,24-23-,41-18-. The highest BCUT2D eigenvalue weighted by Gasteiger charge is 2.16. The molecule has 0 aliphatic carbocycles. The van der Waals surface area contributed by atoms with E-state index in [2.05, 4.69) is 62.5 Å². The Morgan fingerprint density at radius 1 is 0.348 bits per heavy atom. The minimum atomic E-state index is -0.773. The van der Waals surface area contributed by atoms with E-state index in [1.165, 1.54) is 225 Å². The van der Waals surface area contributed by atoms with Gasteiger partial charge in [0.15, 0.2) is 6.10 Å². The Morgan fingerprint density at radius 2 is 0.606 bits per heavy atom. The van der Waals surface area contributed by atoms with E-state index in [1.807, 2.05) is 0 Å². The van der Waals surface area contributed by atoms with Crippen LogP contribution >= 0.6 is 0 Å². The molecule has 5 nitrogen and oxygen atoms in total. The van der Waals surface area contributed by atoms with Gasteiger partial charge in [-0.2, -0.15) is 0 Å². The molecular weight excluding hydrogens is 813 g/mol. The minimum Gasteiger partial charge on any atom is -0.462 e. The van der Waals surface area contributed by atoms with Crippen LogP contribution in [0.3, 0.4) is 0 Å². The molecule has 0 saturated heterocycles. The molecule has 0 aliphatic rings. The highest BCUT2D eigenvalue weighted by atomic mass is 16.6. The smallest absolute Gasteiger partial charge is 0.306 e. The summed E-state index contributed by atoms with van der Waals surface area (Å²) in [4.78, 5) is 24.5. The van der Waals surface area contributed by atoms with Crippen molar-refractivity contribution in [3.05, 3.63) is 48.6 Å². The predicted molar refractivity (Wildman–Crippen MR) is 288 cm³/mol. The maximum absolute atomic E-state index is 12.3. The molecule has 0 aromatic carbocycles. The molecule has 66 heavy (non-hydrogen) atoms. The lowest BCUT2D eigenvalue weighted by Crippen LogP contribution is -2.28. The molecule has 0 aromatic rings. The summed E-state index contributed by atoms with van der Waals surface area (Å²) in [5, 5.41) is 9.63. The van der Waals surface area contributed by atoms with Crippen LogP contribution in [0.1, 0.15) is 309 Å². The third-order valence-corrected chi connectivity index (χ3v) is 13.1. The highest BCUT2D eigenvalue weighted by Crippen LogP contribution is 2.17. The Balaban J connectivity index is 3.40. The molecule has 0 aliphatic heterocycles. The van der Waals surface area contributed by atoms with E-state index in [4.69, 9.17) is 9.47 Å². The number of rotatable bonds is 54. The van der Waals surface area contributed by atoms with Gasteiger partial charge in [0.05, 0.1) is 6.61 Å². The number of hydrogen-bond acceptors (Lipinski definition) is 5. The van der Waals surface area contributed by atoms with Gasteiger partial charge in [0.1, 0.15) is 6.61 Å². The average Bonchev–Trinajstić information content (AvgIpc) is 3.32. The number of allylic oxidation sites excluding steroid dienone is 8. The number of esters is 2. The van der Waals surface area contributed by atoms with Crippen molar-refractivity contribution in [2.24, 2.45) is 0 Å². The molecule has 0 rings (SSSR count). The highest BCUT2D eigenvalue weighted by molar-refractivity contribution is 5.70. The lowest BCUT2D eigenvalue weighted by atomic mass is 10.0. The summed E-state index contributed by atoms with van der Waals surface area (Å²) in [5.74, 6) is -0.587. The second-order valence-corrected chi connectivity index (χ2v) is 19.7. The third kappa shape index (κ3) is 54.5. The van der Waals surface area contributed by atoms with E-state index in [1.54, 1.807) is 0 Å². The summed E-state index contributed by atoms with van der Waals surface area (Å²) in [6.45, 7) is 4.14. The summed E-state index contributed by atoms with van der Waals surface area (Å²) in [6, 6.07) is 0. The molecular formula is C61H112O5. The second-order valence-electron chi connectivity index (χ2n) is 19.7. The third-order valence-electron chi connectivity index (χ3n) is 13.1. The van der Waals surface area contributed by atoms with Crippen LogP contribution in [0, 0.1) is 0 Å². The number of carbonyl (C=O) groups excluding carboxylic acids is 2. The van der Waals surface area contributed by atoms with Gasteiger partial charge >= 0.3 is 11.9 Å². The van der Waals surface area contributed by atoms with Crippen molar-refractivity contribution in [2.45, 2.75) is 315 Å². The van der Waals surface area contributed by atoms with Crippen LogP contribution in [0.25, 0.3) is 0 Å². The minimum absolute atomic E-state index is 0.0665. The monoisotopic (exact) mass is 925 g/mol. The van der Waals surface area contributed by atoms with Crippen molar-refractivity contribution >= 4 is 11.9 Å². The van der Waals surface area contributed by atoms with Crippen LogP contribution in [-0.2, 0) is 19.1 Å². The number of aliphatic hydroxyl groups is 1. The fourth-order valence-electron chi connectivity index (χ4n) is 8.68. The van der Waals surface area contributed by atoms with Crippen LogP contribution in [0.4, 0.5) is 0 Å². The molecule has 0 heterocycles. The first-order valence-corrected chi connectivity index (χ1v) is 29.2. The van der Waals surface area contributed by atoms with Gasteiger partial charge in [-0.3, -0.25) is 9.59 Å². The predicted octanol–water partition coefficient (Wildman–Crippen LogP) is 19.6. The summed E-state index contributed by atoms with van der Waals surface area (Å²) >= 11 is 0. The molecule has 1 N–H and O–H groups in total. The van der Waals surface area contributed by atoms with Crippen molar-refractivity contribution in [1.29, 1.82) is 0 Å². The van der Waals surface area contributed by atoms with Gasteiger partial charge in [-0.05, 0) is 77.0 Å². The van der Waals surface area contributed by atoms with E-state index in [9.17, 15) is 14.7 Å². The summed E-state index contributed by atoms with van der Waals surface area (Å²) < 4.78 is 10.7. The van der Waals surface area contributed by atoms with Gasteiger partial charge in [-0.1, -0.05) is 268 Å². The Bertz CT molecular complexity index is 1090. The zero-order chi connectivity index (χ0) is 47.7. The largest absolute Gasteiger partial charge is 0.462 e. The van der Waals surface area contributed by atoms with Crippen LogP contribution in [-0.4, -0.2) is 36.4 Å². The first kappa shape index (κ1) is 63.9. The van der Waals surface area contributed by atoms with Crippen molar-refractivity contribution in [2.75, 3.05) is 13.2 Å². The van der Waals surface area contributed by atoms with E-state index in [0.29, 0.717) is 12.8 Å². The second kappa shape index (κ2) is 57.2. The maximum Gasteiger partial charge on any atom is 0.306 e. The maximum atomic E-state index is 12.3. The summed E-state index contributed by atoms with van der Waals surface area (Å²) in [6.07, 6.45) is 75.3. The Morgan fingerprint density at radius 3 is 0.924 bits per heavy atom. The van der Waals surface area contributed by atoms with Crippen molar-refractivity contribution in [3.63, 3.8) is 0 Å². The molecule has 0 saturated carbocycles. The van der Waals surface area contributed by atoms with Gasteiger partial charge in [0, 0.05) is 12.8 Å². The molecule has 0 amide bonds. The quantitative estimate of drug-likeness (QED) is 0.0374. The van der Waals surface area contributed by atoms with E-state index >= 15 is 0 Å². The van der Waals surface area contributed by atoms with E-state index < -0.39 is 6.10 Å². The first-order valence-electron chi connectivity index (χ1n) is 29.2.